The minimum Gasteiger partial charge on any atom is -0.497 e. The van der Waals surface area contributed by atoms with Crippen molar-refractivity contribution < 1.29 is 45.4 Å². The predicted octanol–water partition coefficient (Wildman–Crippen LogP) is 3.90. The number of hydrazine groups is 1. The van der Waals surface area contributed by atoms with E-state index in [-0.39, 0.29) is 34.4 Å². The second-order valence-electron chi connectivity index (χ2n) is 12.8. The van der Waals surface area contributed by atoms with Gasteiger partial charge in [-0.2, -0.15) is 0 Å². The summed E-state index contributed by atoms with van der Waals surface area (Å²) >= 11 is 6.28. The molecule has 0 spiro atoms. The number of amides is 2. The number of sulfonamides is 1. The molecule has 1 atom stereocenters. The molecule has 0 aliphatic carbocycles. The molecule has 17 heteroatoms. The summed E-state index contributed by atoms with van der Waals surface area (Å²) in [6.07, 6.45) is -1.52. The zero-order valence-corrected chi connectivity index (χ0v) is 30.4. The van der Waals surface area contributed by atoms with Crippen LogP contribution in [0.2, 0.25) is 5.02 Å². The molecule has 3 aromatic carbocycles. The zero-order chi connectivity index (χ0) is 37.4. The number of ether oxygens (including phenoxy) is 3. The molecule has 0 bridgehead atoms. The maximum absolute atomic E-state index is 15.3. The van der Waals surface area contributed by atoms with Gasteiger partial charge in [0.25, 0.3) is 28.3 Å². The van der Waals surface area contributed by atoms with Gasteiger partial charge in [0, 0.05) is 68.6 Å². The Morgan fingerprint density at radius 3 is 2.31 bits per heavy atom. The molecular weight excluding hydrogens is 727 g/mol. The number of carbonyl (C=O) groups excluding carboxylic acids is 2. The molecule has 6 rings (SSSR count). The quantitative estimate of drug-likeness (QED) is 0.288. The van der Waals surface area contributed by atoms with Gasteiger partial charge in [-0.15, -0.1) is 0 Å². The fraction of sp³-hybridized carbons (Fsp3) is 0.429. The number of benzene rings is 3. The summed E-state index contributed by atoms with van der Waals surface area (Å²) in [5.41, 5.74) is -0.822. The number of hydrogen-bond acceptors (Lipinski definition) is 10. The van der Waals surface area contributed by atoms with Crippen LogP contribution in [-0.2, 0) is 25.0 Å². The van der Waals surface area contributed by atoms with Gasteiger partial charge in [0.05, 0.1) is 24.9 Å². The van der Waals surface area contributed by atoms with E-state index < -0.39 is 61.7 Å². The number of nitrogens with one attached hydrogen (secondary N) is 1. The molecule has 0 saturated carbocycles. The third-order valence-corrected chi connectivity index (χ3v) is 11.9. The molecule has 52 heavy (non-hydrogen) atoms. The fourth-order valence-electron chi connectivity index (χ4n) is 7.12. The molecule has 2 saturated heterocycles. The summed E-state index contributed by atoms with van der Waals surface area (Å²) in [4.78, 5) is 34.3. The first-order chi connectivity index (χ1) is 24.8. The number of piperazine rings is 1. The number of fused-ring (bicyclic) bond motifs is 1. The Kier molecular flexibility index (Phi) is 10.9. The van der Waals surface area contributed by atoms with Crippen molar-refractivity contribution in [2.75, 3.05) is 71.4 Å². The largest absolute Gasteiger partial charge is 0.497 e. The fourth-order valence-corrected chi connectivity index (χ4v) is 8.88. The van der Waals surface area contributed by atoms with Gasteiger partial charge in [0.1, 0.15) is 34.6 Å². The Morgan fingerprint density at radius 1 is 0.962 bits per heavy atom. The highest BCUT2D eigenvalue weighted by Gasteiger charge is 2.62. The van der Waals surface area contributed by atoms with Crippen molar-refractivity contribution in [1.29, 1.82) is 0 Å². The van der Waals surface area contributed by atoms with E-state index in [1.807, 2.05) is 0 Å². The summed E-state index contributed by atoms with van der Waals surface area (Å²) in [5.74, 6) is -3.65. The number of para-hydroxylation sites is 1. The number of carbonyl (C=O) groups is 2. The van der Waals surface area contributed by atoms with E-state index in [1.54, 1.807) is 5.01 Å². The third-order valence-electron chi connectivity index (χ3n) is 9.83. The van der Waals surface area contributed by atoms with E-state index in [0.717, 1.165) is 44.4 Å². The van der Waals surface area contributed by atoms with Gasteiger partial charge >= 0.3 is 0 Å². The Hall–Kier alpha value is -4.09. The number of anilines is 1. The SMILES string of the molecule is COc1ccc(S(=O)(=O)N2C(=O)C(C(=O)NN3CCC(N4CCN(C)CC4)CC3)(c3ccccc3OCC(F)F)c3cc(Cl)c(F)cc32)c(OC)c1. The minimum atomic E-state index is -4.98. The topological polar surface area (TPSA) is 121 Å². The number of alkyl halides is 2. The van der Waals surface area contributed by atoms with Gasteiger partial charge in [-0.1, -0.05) is 29.8 Å². The summed E-state index contributed by atoms with van der Waals surface area (Å²) in [5, 5.41) is 1.13. The number of likely N-dealkylation sites (N-methyl/N-ethyl adjacent to an activating group) is 1. The number of halogens is 4. The minimum absolute atomic E-state index is 0.200. The van der Waals surface area contributed by atoms with Crippen LogP contribution in [0.3, 0.4) is 0 Å². The highest BCUT2D eigenvalue weighted by Crippen LogP contribution is 2.52. The van der Waals surface area contributed by atoms with E-state index in [2.05, 4.69) is 22.3 Å². The molecule has 3 heterocycles. The van der Waals surface area contributed by atoms with Crippen LogP contribution in [0.4, 0.5) is 18.9 Å². The maximum atomic E-state index is 15.3. The van der Waals surface area contributed by atoms with E-state index in [1.165, 1.54) is 50.6 Å². The second-order valence-corrected chi connectivity index (χ2v) is 15.0. The zero-order valence-electron chi connectivity index (χ0n) is 28.8. The summed E-state index contributed by atoms with van der Waals surface area (Å²) in [6, 6.07) is 11.3. The number of hydrogen-bond donors (Lipinski definition) is 1. The molecule has 12 nitrogen and oxygen atoms in total. The van der Waals surface area contributed by atoms with Gasteiger partial charge in [0.2, 0.25) is 0 Å². The molecule has 2 fully saturated rings. The van der Waals surface area contributed by atoms with Gasteiger partial charge in [-0.05, 0) is 44.2 Å². The number of methoxy groups -OCH3 is 2. The van der Waals surface area contributed by atoms with Crippen LogP contribution in [-0.4, -0.2) is 115 Å². The van der Waals surface area contributed by atoms with Crippen molar-refractivity contribution in [2.24, 2.45) is 0 Å². The molecule has 3 aliphatic rings. The lowest BCUT2D eigenvalue weighted by Gasteiger charge is -2.42. The second kappa shape index (κ2) is 15.1. The van der Waals surface area contributed by atoms with Crippen LogP contribution < -0.4 is 23.9 Å². The average Bonchev–Trinajstić information content (AvgIpc) is 3.39. The van der Waals surface area contributed by atoms with E-state index in [4.69, 9.17) is 25.8 Å². The molecule has 280 valence electrons. The first kappa shape index (κ1) is 37.7. The Balaban J connectivity index is 1.47. The van der Waals surface area contributed by atoms with Crippen molar-refractivity contribution in [3.05, 3.63) is 76.6 Å². The van der Waals surface area contributed by atoms with Crippen molar-refractivity contribution in [3.8, 4) is 17.2 Å². The van der Waals surface area contributed by atoms with Crippen LogP contribution >= 0.6 is 11.6 Å². The number of piperidine rings is 1. The van der Waals surface area contributed by atoms with E-state index >= 15 is 9.18 Å². The molecule has 1 unspecified atom stereocenters. The summed E-state index contributed by atoms with van der Waals surface area (Å²) in [6.45, 7) is 3.43. The smallest absolute Gasteiger partial charge is 0.274 e. The van der Waals surface area contributed by atoms with E-state index in [0.29, 0.717) is 30.2 Å². The lowest BCUT2D eigenvalue weighted by molar-refractivity contribution is -0.137. The lowest BCUT2D eigenvalue weighted by atomic mass is 9.74. The molecule has 2 amide bonds. The van der Waals surface area contributed by atoms with Crippen LogP contribution in [0.1, 0.15) is 24.0 Å². The van der Waals surface area contributed by atoms with Crippen molar-refractivity contribution in [3.63, 3.8) is 0 Å². The molecular formula is C35H39ClF3N5O7S. The predicted molar refractivity (Wildman–Crippen MR) is 186 cm³/mol. The monoisotopic (exact) mass is 765 g/mol. The van der Waals surface area contributed by atoms with Crippen molar-refractivity contribution >= 4 is 39.1 Å². The first-order valence-electron chi connectivity index (χ1n) is 16.6. The maximum Gasteiger partial charge on any atom is 0.274 e. The molecule has 3 aromatic rings. The van der Waals surface area contributed by atoms with Crippen molar-refractivity contribution in [1.82, 2.24) is 20.2 Å². The van der Waals surface area contributed by atoms with Gasteiger partial charge < -0.3 is 19.1 Å². The lowest BCUT2D eigenvalue weighted by Crippen LogP contribution is -2.59. The van der Waals surface area contributed by atoms with Gasteiger partial charge in [-0.3, -0.25) is 19.9 Å². The highest BCUT2D eigenvalue weighted by atomic mass is 35.5. The van der Waals surface area contributed by atoms with E-state index in [9.17, 15) is 22.0 Å². The van der Waals surface area contributed by atoms with Gasteiger partial charge in [0.15, 0.2) is 5.41 Å². The molecule has 0 aromatic heterocycles. The third kappa shape index (κ3) is 6.77. The van der Waals surface area contributed by atoms with Crippen LogP contribution in [0.15, 0.2) is 59.5 Å². The summed E-state index contributed by atoms with van der Waals surface area (Å²) in [7, 11) is -0.318. The molecule has 0 radical (unpaired) electrons. The number of nitrogens with zero attached hydrogens (tertiary/aromatic N) is 4. The standard InChI is InChI=1S/C35H39ClF3N5O7S/c1-41-14-16-42(17-15-41)22-10-12-43(13-11-22)40-33(45)35(24-6-4-5-7-29(24)51-21-32(38)39)25-19-26(36)27(37)20-28(25)44(34(35)46)52(47,48)31-9-8-23(49-2)18-30(31)50-3/h4-9,18-20,22,32H,10-17,21H2,1-3H3,(H,40,45). The first-order valence-corrected chi connectivity index (χ1v) is 18.4. The van der Waals surface area contributed by atoms with Crippen LogP contribution in [0, 0.1) is 5.82 Å². The Bertz CT molecular complexity index is 1940. The normalized spacial score (nSPS) is 20.6. The van der Waals surface area contributed by atoms with Crippen LogP contribution in [0.25, 0.3) is 0 Å². The van der Waals surface area contributed by atoms with Crippen LogP contribution in [0.5, 0.6) is 17.2 Å². The Morgan fingerprint density at radius 2 is 1.65 bits per heavy atom. The van der Waals surface area contributed by atoms with Crippen molar-refractivity contribution in [2.45, 2.75) is 35.6 Å². The number of rotatable bonds is 11. The summed E-state index contributed by atoms with van der Waals surface area (Å²) < 4.78 is 87.7. The Labute approximate surface area is 305 Å². The molecule has 3 aliphatic heterocycles. The highest BCUT2D eigenvalue weighted by molar-refractivity contribution is 7.93. The van der Waals surface area contributed by atoms with Gasteiger partial charge in [-0.25, -0.2) is 30.9 Å². The average molecular weight is 766 g/mol. The molecule has 1 N–H and O–H groups in total.